The van der Waals surface area contributed by atoms with Gasteiger partial charge in [-0.3, -0.25) is 0 Å². The Morgan fingerprint density at radius 1 is 1.19 bits per heavy atom. The van der Waals surface area contributed by atoms with Crippen LogP contribution in [0, 0.1) is 0 Å². The summed E-state index contributed by atoms with van der Waals surface area (Å²) in [4.78, 5) is 4.55. The lowest BCUT2D eigenvalue weighted by atomic mass is 10.0. The summed E-state index contributed by atoms with van der Waals surface area (Å²) < 4.78 is 16.3. The smallest absolute Gasteiger partial charge is 0.258 e. The van der Waals surface area contributed by atoms with Gasteiger partial charge in [-0.1, -0.05) is 5.16 Å². The minimum atomic E-state index is -0.303. The molecule has 1 aliphatic rings. The van der Waals surface area contributed by atoms with E-state index in [0.717, 1.165) is 22.6 Å². The molecule has 0 radical (unpaired) electrons. The number of furan rings is 1. The number of nitrogens with one attached hydrogen (secondary N) is 2. The first-order valence-electron chi connectivity index (χ1n) is 7.96. The summed E-state index contributed by atoms with van der Waals surface area (Å²) in [6, 6.07) is 10.9. The van der Waals surface area contributed by atoms with E-state index < -0.39 is 0 Å². The molecule has 2 aromatic heterocycles. The maximum atomic E-state index is 5.55. The molecule has 0 unspecified atom stereocenters. The lowest BCUT2D eigenvalue weighted by Crippen LogP contribution is -2.42. The first-order chi connectivity index (χ1) is 12.7. The highest BCUT2D eigenvalue weighted by Gasteiger charge is 2.31. The van der Waals surface area contributed by atoms with Gasteiger partial charge in [-0.2, -0.15) is 4.98 Å². The Balaban J connectivity index is 1.72. The molecule has 8 heteroatoms. The predicted octanol–water partition coefficient (Wildman–Crippen LogP) is 3.29. The topological polar surface area (TPSA) is 85.4 Å². The second kappa shape index (κ2) is 6.64. The van der Waals surface area contributed by atoms with Gasteiger partial charge in [-0.25, -0.2) is 0 Å². The van der Waals surface area contributed by atoms with Crippen molar-refractivity contribution in [3.63, 3.8) is 0 Å². The van der Waals surface area contributed by atoms with Crippen molar-refractivity contribution in [3.8, 4) is 17.1 Å². The maximum absolute atomic E-state index is 5.55. The minimum absolute atomic E-state index is 0.303. The normalized spacial score (nSPS) is 17.0. The van der Waals surface area contributed by atoms with E-state index >= 15 is 0 Å². The van der Waals surface area contributed by atoms with Gasteiger partial charge in [-0.05, 0) is 55.5 Å². The molecule has 0 saturated carbocycles. The maximum Gasteiger partial charge on any atom is 0.258 e. The summed E-state index contributed by atoms with van der Waals surface area (Å²) in [7, 11) is 1.62. The third-order valence-corrected chi connectivity index (χ3v) is 4.32. The fourth-order valence-corrected chi connectivity index (χ4v) is 3.11. The van der Waals surface area contributed by atoms with Gasteiger partial charge in [0.25, 0.3) is 5.89 Å². The number of hydrogen-bond donors (Lipinski definition) is 2. The highest BCUT2D eigenvalue weighted by Crippen LogP contribution is 2.34. The summed E-state index contributed by atoms with van der Waals surface area (Å²) in [6.45, 7) is 1.91. The molecular formula is C18H16N4O3S. The van der Waals surface area contributed by atoms with Crippen LogP contribution in [0.15, 0.2) is 57.3 Å². The fourth-order valence-electron chi connectivity index (χ4n) is 2.84. The van der Waals surface area contributed by atoms with E-state index in [2.05, 4.69) is 20.8 Å². The van der Waals surface area contributed by atoms with Crippen LogP contribution in [0.3, 0.4) is 0 Å². The first kappa shape index (κ1) is 16.3. The molecule has 132 valence electrons. The van der Waals surface area contributed by atoms with Crippen molar-refractivity contribution in [1.82, 2.24) is 20.8 Å². The Kier molecular flexibility index (Phi) is 4.18. The van der Waals surface area contributed by atoms with Crippen molar-refractivity contribution in [3.05, 3.63) is 60.0 Å². The molecule has 3 aromatic rings. The number of rotatable bonds is 4. The fraction of sp³-hybridized carbons (Fsp3) is 0.167. The van der Waals surface area contributed by atoms with Crippen molar-refractivity contribution < 1.29 is 13.7 Å². The lowest BCUT2D eigenvalue weighted by Gasteiger charge is -2.27. The zero-order valence-electron chi connectivity index (χ0n) is 14.1. The predicted molar refractivity (Wildman–Crippen MR) is 99.2 cm³/mol. The van der Waals surface area contributed by atoms with Crippen molar-refractivity contribution in [1.29, 1.82) is 0 Å². The number of aromatic nitrogens is 2. The molecule has 0 fully saturated rings. The van der Waals surface area contributed by atoms with Crippen molar-refractivity contribution in [2.45, 2.75) is 13.0 Å². The van der Waals surface area contributed by atoms with E-state index in [1.807, 2.05) is 43.3 Å². The Morgan fingerprint density at radius 2 is 2.00 bits per heavy atom. The van der Waals surface area contributed by atoms with Crippen LogP contribution in [0.1, 0.15) is 24.6 Å². The molecule has 0 spiro atoms. The molecule has 0 amide bonds. The van der Waals surface area contributed by atoms with Gasteiger partial charge in [0.05, 0.1) is 18.9 Å². The average Bonchev–Trinajstić information content (AvgIpc) is 3.33. The van der Waals surface area contributed by atoms with Crippen LogP contribution in [0.25, 0.3) is 17.0 Å². The Morgan fingerprint density at radius 3 is 2.69 bits per heavy atom. The van der Waals surface area contributed by atoms with E-state index in [-0.39, 0.29) is 6.04 Å². The third kappa shape index (κ3) is 2.95. The monoisotopic (exact) mass is 368 g/mol. The van der Waals surface area contributed by atoms with Gasteiger partial charge >= 0.3 is 0 Å². The van der Waals surface area contributed by atoms with E-state index in [1.54, 1.807) is 13.4 Å². The molecular weight excluding hydrogens is 352 g/mol. The molecule has 1 aliphatic heterocycles. The quantitative estimate of drug-likeness (QED) is 0.679. The number of benzene rings is 1. The van der Waals surface area contributed by atoms with Crippen LogP contribution in [0.4, 0.5) is 0 Å². The van der Waals surface area contributed by atoms with Crippen molar-refractivity contribution >= 4 is 22.9 Å². The molecule has 0 saturated heterocycles. The summed E-state index contributed by atoms with van der Waals surface area (Å²) in [5.41, 5.74) is 2.46. The second-order valence-corrected chi connectivity index (χ2v) is 6.15. The molecule has 0 bridgehead atoms. The van der Waals surface area contributed by atoms with Crippen LogP contribution < -0.4 is 15.4 Å². The van der Waals surface area contributed by atoms with Gasteiger partial charge in [0.2, 0.25) is 5.82 Å². The molecule has 4 rings (SSSR count). The number of ether oxygens (including phenoxy) is 1. The highest BCUT2D eigenvalue weighted by atomic mass is 32.1. The number of hydrogen-bond acceptors (Lipinski definition) is 6. The van der Waals surface area contributed by atoms with Gasteiger partial charge in [0.1, 0.15) is 17.6 Å². The summed E-state index contributed by atoms with van der Waals surface area (Å²) in [6.07, 6.45) is 1.62. The number of allylic oxidation sites excluding steroid dienone is 1. The van der Waals surface area contributed by atoms with E-state index in [1.165, 1.54) is 0 Å². The van der Waals surface area contributed by atoms with E-state index in [9.17, 15) is 0 Å². The van der Waals surface area contributed by atoms with Crippen molar-refractivity contribution in [2.24, 2.45) is 0 Å². The van der Waals surface area contributed by atoms with Crippen LogP contribution in [0.5, 0.6) is 5.75 Å². The molecule has 2 N–H and O–H groups in total. The van der Waals surface area contributed by atoms with Crippen LogP contribution >= 0.6 is 12.2 Å². The second-order valence-electron chi connectivity index (χ2n) is 5.74. The molecule has 3 heterocycles. The Bertz CT molecular complexity index is 961. The minimum Gasteiger partial charge on any atom is -0.497 e. The first-order valence-corrected chi connectivity index (χ1v) is 8.36. The summed E-state index contributed by atoms with van der Waals surface area (Å²) in [5.74, 6) is 2.38. The summed E-state index contributed by atoms with van der Waals surface area (Å²) in [5, 5.41) is 10.9. The van der Waals surface area contributed by atoms with E-state index in [4.69, 9.17) is 25.9 Å². The SMILES string of the molecule is COc1ccc(-c2noc(C3=C(C)NC(=S)N[C@H]3c3ccco3)n2)cc1. The standard InChI is InChI=1S/C18H16N4O3S/c1-10-14(15(20-18(26)19-10)13-4-3-9-24-13)17-21-16(22-25-17)11-5-7-12(23-2)8-6-11/h3-9,15H,1-2H3,(H2,19,20,26)/t15-/m0/s1. The number of nitrogens with zero attached hydrogens (tertiary/aromatic N) is 2. The van der Waals surface area contributed by atoms with Crippen LogP contribution in [-0.4, -0.2) is 22.4 Å². The third-order valence-electron chi connectivity index (χ3n) is 4.10. The Labute approximate surface area is 155 Å². The highest BCUT2D eigenvalue weighted by molar-refractivity contribution is 7.80. The van der Waals surface area contributed by atoms with Crippen molar-refractivity contribution in [2.75, 3.05) is 7.11 Å². The molecule has 1 atom stereocenters. The number of methoxy groups -OCH3 is 1. The largest absolute Gasteiger partial charge is 0.497 e. The van der Waals surface area contributed by atoms with Gasteiger partial charge < -0.3 is 24.3 Å². The Hall–Kier alpha value is -3.13. The zero-order chi connectivity index (χ0) is 18.1. The molecule has 7 nitrogen and oxygen atoms in total. The number of thiocarbonyl (C=S) groups is 1. The van der Waals surface area contributed by atoms with Crippen LogP contribution in [0.2, 0.25) is 0 Å². The van der Waals surface area contributed by atoms with Gasteiger partial charge in [-0.15, -0.1) is 0 Å². The molecule has 26 heavy (non-hydrogen) atoms. The zero-order valence-corrected chi connectivity index (χ0v) is 15.0. The molecule has 1 aromatic carbocycles. The van der Waals surface area contributed by atoms with E-state index in [0.29, 0.717) is 22.6 Å². The van der Waals surface area contributed by atoms with Gasteiger partial charge in [0, 0.05) is 11.3 Å². The molecule has 0 aliphatic carbocycles. The van der Waals surface area contributed by atoms with Gasteiger partial charge in [0.15, 0.2) is 5.11 Å². The lowest BCUT2D eigenvalue weighted by molar-refractivity contribution is 0.399. The van der Waals surface area contributed by atoms with Crippen LogP contribution in [-0.2, 0) is 0 Å². The average molecular weight is 368 g/mol. The summed E-state index contributed by atoms with van der Waals surface area (Å²) >= 11 is 5.27.